The number of amides is 1. The van der Waals surface area contributed by atoms with E-state index in [0.29, 0.717) is 55.4 Å². The van der Waals surface area contributed by atoms with E-state index in [1.807, 2.05) is 4.90 Å². The molecule has 1 aromatic heterocycles. The second-order valence-corrected chi connectivity index (χ2v) is 10.7. The first-order valence-corrected chi connectivity index (χ1v) is 12.6. The number of carbonyl (C=O) groups excluding carboxylic acids is 1. The highest BCUT2D eigenvalue weighted by Crippen LogP contribution is 2.57. The predicted molar refractivity (Wildman–Crippen MR) is 117 cm³/mol. The number of rotatable bonds is 2. The van der Waals surface area contributed by atoms with Gasteiger partial charge in [0.15, 0.2) is 0 Å². The number of ether oxygens (including phenoxy) is 2. The van der Waals surface area contributed by atoms with Crippen molar-refractivity contribution in [2.24, 2.45) is 11.3 Å². The summed E-state index contributed by atoms with van der Waals surface area (Å²) in [6.45, 7) is 3.74. The minimum atomic E-state index is -4.43. The Bertz CT molecular complexity index is 955. The van der Waals surface area contributed by atoms with E-state index in [9.17, 15) is 18.0 Å². The summed E-state index contributed by atoms with van der Waals surface area (Å²) in [5.74, 6) is 0.504. The minimum Gasteiger partial charge on any atom is -0.379 e. The summed E-state index contributed by atoms with van der Waals surface area (Å²) in [4.78, 5) is 22.5. The van der Waals surface area contributed by atoms with Crippen LogP contribution in [-0.4, -0.2) is 71.8 Å². The monoisotopic (exact) mass is 479 g/mol. The van der Waals surface area contributed by atoms with Crippen molar-refractivity contribution in [3.8, 4) is 0 Å². The van der Waals surface area contributed by atoms with Gasteiger partial charge in [-0.2, -0.15) is 13.2 Å². The molecule has 0 radical (unpaired) electrons. The van der Waals surface area contributed by atoms with Crippen LogP contribution in [0.4, 0.5) is 13.2 Å². The SMILES string of the molecule is O=C(N1CCc2ncc(C(F)(F)F)cc2C1)[C@@]12CCC[C@@H]1C[C@@H](N1CCO[C@@H]3COCC[C@H]31)C2. The molecule has 0 N–H and O–H groups in total. The van der Waals surface area contributed by atoms with Crippen LogP contribution in [0.25, 0.3) is 0 Å². The van der Waals surface area contributed by atoms with Crippen molar-refractivity contribution in [2.75, 3.05) is 32.9 Å². The van der Waals surface area contributed by atoms with Crippen molar-refractivity contribution in [3.05, 3.63) is 29.1 Å². The lowest BCUT2D eigenvalue weighted by molar-refractivity contribution is -0.149. The van der Waals surface area contributed by atoms with Crippen molar-refractivity contribution in [1.29, 1.82) is 0 Å². The van der Waals surface area contributed by atoms with Gasteiger partial charge in [-0.15, -0.1) is 0 Å². The number of morpholine rings is 1. The lowest BCUT2D eigenvalue weighted by atomic mass is 9.78. The van der Waals surface area contributed by atoms with Gasteiger partial charge in [-0.25, -0.2) is 0 Å². The molecule has 1 aromatic rings. The van der Waals surface area contributed by atoms with Crippen molar-refractivity contribution >= 4 is 5.91 Å². The first kappa shape index (κ1) is 22.7. The number of aromatic nitrogens is 1. The smallest absolute Gasteiger partial charge is 0.379 e. The second-order valence-electron chi connectivity index (χ2n) is 10.7. The molecule has 34 heavy (non-hydrogen) atoms. The summed E-state index contributed by atoms with van der Waals surface area (Å²) in [5.41, 5.74) is 0.0986. The Kier molecular flexibility index (Phi) is 5.65. The Hall–Kier alpha value is -1.71. The summed E-state index contributed by atoms with van der Waals surface area (Å²) < 4.78 is 51.3. The van der Waals surface area contributed by atoms with E-state index in [2.05, 4.69) is 9.88 Å². The maximum absolute atomic E-state index is 14.0. The number of nitrogens with zero attached hydrogens (tertiary/aromatic N) is 3. The molecule has 9 heteroatoms. The van der Waals surface area contributed by atoms with Gasteiger partial charge in [0.2, 0.25) is 5.91 Å². The number of carbonyl (C=O) groups is 1. The highest BCUT2D eigenvalue weighted by Gasteiger charge is 2.58. The Balaban J connectivity index is 1.21. The maximum Gasteiger partial charge on any atom is 0.417 e. The summed E-state index contributed by atoms with van der Waals surface area (Å²) >= 11 is 0. The number of alkyl halides is 3. The van der Waals surface area contributed by atoms with Gasteiger partial charge in [0.25, 0.3) is 0 Å². The van der Waals surface area contributed by atoms with E-state index in [1.54, 1.807) is 0 Å². The van der Waals surface area contributed by atoms with Crippen molar-refractivity contribution < 1.29 is 27.4 Å². The largest absolute Gasteiger partial charge is 0.417 e. The van der Waals surface area contributed by atoms with E-state index in [1.165, 1.54) is 6.07 Å². The molecule has 1 amide bonds. The van der Waals surface area contributed by atoms with Crippen LogP contribution in [0.2, 0.25) is 0 Å². The topological polar surface area (TPSA) is 54.9 Å². The van der Waals surface area contributed by atoms with E-state index in [0.717, 1.165) is 57.9 Å². The quantitative estimate of drug-likeness (QED) is 0.651. The third-order valence-electron chi connectivity index (χ3n) is 9.04. The Morgan fingerprint density at radius 3 is 2.94 bits per heavy atom. The molecule has 0 bridgehead atoms. The molecule has 0 aromatic carbocycles. The highest BCUT2D eigenvalue weighted by molar-refractivity contribution is 5.84. The average molecular weight is 480 g/mol. The molecule has 6 rings (SSSR count). The summed E-state index contributed by atoms with van der Waals surface area (Å²) in [6, 6.07) is 1.90. The van der Waals surface area contributed by atoms with Crippen LogP contribution >= 0.6 is 0 Å². The molecule has 0 unspecified atom stereocenters. The van der Waals surface area contributed by atoms with Crippen molar-refractivity contribution in [1.82, 2.24) is 14.8 Å². The van der Waals surface area contributed by atoms with Gasteiger partial charge in [-0.3, -0.25) is 14.7 Å². The standard InChI is InChI=1S/C25H32F3N3O3/c26-25(27,28)18-10-16-14-30(6-3-20(16)29-13-18)23(32)24-5-1-2-17(24)11-19(12-24)31-7-9-34-22-15-33-8-4-21(22)31/h10,13,17,19,21-22H,1-9,11-12,14-15H2/t17-,19-,21-,22-,24-/m1/s1. The fourth-order valence-corrected chi connectivity index (χ4v) is 7.45. The van der Waals surface area contributed by atoms with Gasteiger partial charge in [0.1, 0.15) is 0 Å². The zero-order valence-corrected chi connectivity index (χ0v) is 19.4. The van der Waals surface area contributed by atoms with Gasteiger partial charge in [0, 0.05) is 56.6 Å². The molecule has 4 fully saturated rings. The lowest BCUT2D eigenvalue weighted by Gasteiger charge is -2.46. The summed E-state index contributed by atoms with van der Waals surface area (Å²) in [5, 5.41) is 0. The first-order valence-electron chi connectivity index (χ1n) is 12.6. The van der Waals surface area contributed by atoms with Crippen LogP contribution in [0, 0.1) is 11.3 Å². The molecular formula is C25H32F3N3O3. The van der Waals surface area contributed by atoms with Gasteiger partial charge in [0.05, 0.1) is 30.3 Å². The molecule has 5 aliphatic rings. The van der Waals surface area contributed by atoms with Crippen molar-refractivity contribution in [3.63, 3.8) is 0 Å². The molecule has 186 valence electrons. The average Bonchev–Trinajstić information content (AvgIpc) is 3.40. The molecule has 0 spiro atoms. The van der Waals surface area contributed by atoms with Crippen LogP contribution in [0.5, 0.6) is 0 Å². The van der Waals surface area contributed by atoms with Crippen LogP contribution in [0.15, 0.2) is 12.3 Å². The van der Waals surface area contributed by atoms with Crippen LogP contribution in [-0.2, 0) is 33.4 Å². The molecule has 6 nitrogen and oxygen atoms in total. The zero-order chi connectivity index (χ0) is 23.5. The third-order valence-corrected chi connectivity index (χ3v) is 9.04. The highest BCUT2D eigenvalue weighted by atomic mass is 19.4. The number of halogens is 3. The van der Waals surface area contributed by atoms with E-state index < -0.39 is 11.7 Å². The third kappa shape index (κ3) is 3.75. The van der Waals surface area contributed by atoms with E-state index in [-0.39, 0.29) is 24.0 Å². The number of fused-ring (bicyclic) bond motifs is 3. The maximum atomic E-state index is 14.0. The molecule has 2 saturated carbocycles. The van der Waals surface area contributed by atoms with Gasteiger partial charge in [-0.1, -0.05) is 6.42 Å². The minimum absolute atomic E-state index is 0.114. The van der Waals surface area contributed by atoms with Gasteiger partial charge >= 0.3 is 6.18 Å². The molecule has 2 saturated heterocycles. The molecular weight excluding hydrogens is 447 g/mol. The molecule has 5 atom stereocenters. The lowest BCUT2D eigenvalue weighted by Crippen LogP contribution is -2.58. The molecule has 4 heterocycles. The van der Waals surface area contributed by atoms with Crippen LogP contribution in [0.3, 0.4) is 0 Å². The Labute approximate surface area is 197 Å². The molecule has 3 aliphatic heterocycles. The van der Waals surface area contributed by atoms with Crippen LogP contribution in [0.1, 0.15) is 55.3 Å². The fourth-order valence-electron chi connectivity index (χ4n) is 7.45. The summed E-state index contributed by atoms with van der Waals surface area (Å²) in [6.07, 6.45) is 2.95. The zero-order valence-electron chi connectivity index (χ0n) is 19.4. The van der Waals surface area contributed by atoms with Gasteiger partial charge < -0.3 is 14.4 Å². The molecule has 2 aliphatic carbocycles. The van der Waals surface area contributed by atoms with Crippen molar-refractivity contribution in [2.45, 2.75) is 75.9 Å². The summed E-state index contributed by atoms with van der Waals surface area (Å²) in [7, 11) is 0. The van der Waals surface area contributed by atoms with E-state index >= 15 is 0 Å². The predicted octanol–water partition coefficient (Wildman–Crippen LogP) is 3.42. The fraction of sp³-hybridized carbons (Fsp3) is 0.760. The Morgan fingerprint density at radius 1 is 1.21 bits per heavy atom. The number of hydrogen-bond donors (Lipinski definition) is 0. The second kappa shape index (κ2) is 8.45. The Morgan fingerprint density at radius 2 is 2.09 bits per heavy atom. The first-order chi connectivity index (χ1) is 16.3. The van der Waals surface area contributed by atoms with Crippen LogP contribution < -0.4 is 0 Å². The van der Waals surface area contributed by atoms with E-state index in [4.69, 9.17) is 9.47 Å². The number of pyridine rings is 1. The van der Waals surface area contributed by atoms with Gasteiger partial charge in [-0.05, 0) is 49.7 Å². The number of hydrogen-bond acceptors (Lipinski definition) is 5. The normalized spacial score (nSPS) is 36.1.